The Kier molecular flexibility index (Phi) is 8.57. The average molecular weight is 533 g/mol. The van der Waals surface area contributed by atoms with Crippen LogP contribution in [0.15, 0.2) is 60.9 Å². The van der Waals surface area contributed by atoms with Crippen molar-refractivity contribution < 1.29 is 14.4 Å². The number of amides is 5. The number of hydrogen-bond acceptors (Lipinski definition) is 5. The smallest absolute Gasteiger partial charge is 0.322 e. The number of likely N-dealkylation sites (tertiary alicyclic amines) is 1. The summed E-state index contributed by atoms with van der Waals surface area (Å²) in [7, 11) is 0. The molecule has 11 heteroatoms. The predicted octanol–water partition coefficient (Wildman–Crippen LogP) is 2.10. The maximum atomic E-state index is 13.5. The van der Waals surface area contributed by atoms with Crippen LogP contribution in [0.3, 0.4) is 0 Å². The zero-order valence-electron chi connectivity index (χ0n) is 22.0. The van der Waals surface area contributed by atoms with Crippen molar-refractivity contribution in [2.45, 2.75) is 37.9 Å². The number of nitrogens with zero attached hydrogens (tertiary/aromatic N) is 4. The van der Waals surface area contributed by atoms with Crippen LogP contribution < -0.4 is 16.0 Å². The Morgan fingerprint density at radius 1 is 0.974 bits per heavy atom. The Morgan fingerprint density at radius 3 is 2.56 bits per heavy atom. The van der Waals surface area contributed by atoms with Crippen LogP contribution in [-0.4, -0.2) is 94.2 Å². The van der Waals surface area contributed by atoms with E-state index in [-0.39, 0.29) is 24.0 Å². The zero-order valence-corrected chi connectivity index (χ0v) is 22.0. The number of aromatic nitrogens is 2. The van der Waals surface area contributed by atoms with Crippen LogP contribution >= 0.6 is 0 Å². The molecule has 1 unspecified atom stereocenters. The summed E-state index contributed by atoms with van der Waals surface area (Å²) in [6, 6.07) is 14.3. The minimum atomic E-state index is -0.687. The minimum absolute atomic E-state index is 0.0527. The number of fused-ring (bicyclic) bond motifs is 1. The van der Waals surface area contributed by atoms with Crippen molar-refractivity contribution in [1.29, 1.82) is 0 Å². The van der Waals surface area contributed by atoms with Crippen LogP contribution in [0.2, 0.25) is 0 Å². The van der Waals surface area contributed by atoms with Crippen molar-refractivity contribution in [1.82, 2.24) is 35.5 Å². The number of benzene rings is 1. The van der Waals surface area contributed by atoms with Gasteiger partial charge in [-0.2, -0.15) is 5.10 Å². The second-order valence-electron chi connectivity index (χ2n) is 10.1. The number of hydrogen-bond donors (Lipinski definition) is 4. The molecule has 0 aliphatic carbocycles. The molecule has 4 heterocycles. The van der Waals surface area contributed by atoms with Gasteiger partial charge in [0.1, 0.15) is 6.04 Å². The van der Waals surface area contributed by atoms with Crippen molar-refractivity contribution in [3.05, 3.63) is 72.1 Å². The number of para-hydroxylation sites is 1. The van der Waals surface area contributed by atoms with Crippen molar-refractivity contribution in [3.63, 3.8) is 0 Å². The van der Waals surface area contributed by atoms with Gasteiger partial charge in [0, 0.05) is 76.4 Å². The zero-order chi connectivity index (χ0) is 27.0. The third kappa shape index (κ3) is 6.66. The molecule has 0 spiro atoms. The first kappa shape index (κ1) is 26.5. The number of aromatic amines is 1. The first-order valence-corrected chi connectivity index (χ1v) is 13.6. The van der Waals surface area contributed by atoms with Crippen LogP contribution in [-0.2, 0) is 17.8 Å². The molecule has 1 aromatic carbocycles. The summed E-state index contributed by atoms with van der Waals surface area (Å²) in [5.74, 6) is -0.0756. The van der Waals surface area contributed by atoms with Crippen molar-refractivity contribution >= 4 is 23.7 Å². The lowest BCUT2D eigenvalue weighted by molar-refractivity contribution is -0.133. The maximum Gasteiger partial charge on any atom is 0.322 e. The number of urea groups is 2. The number of piperazine rings is 1. The van der Waals surface area contributed by atoms with Crippen LogP contribution in [0.5, 0.6) is 0 Å². The molecule has 2 aromatic rings. The Morgan fingerprint density at radius 2 is 1.74 bits per heavy atom. The van der Waals surface area contributed by atoms with Gasteiger partial charge in [0.2, 0.25) is 5.91 Å². The fourth-order valence-corrected chi connectivity index (χ4v) is 5.38. The van der Waals surface area contributed by atoms with Gasteiger partial charge >= 0.3 is 12.1 Å². The van der Waals surface area contributed by atoms with Gasteiger partial charge in [-0.15, -0.1) is 0 Å². The molecule has 39 heavy (non-hydrogen) atoms. The molecule has 3 aliphatic rings. The third-order valence-corrected chi connectivity index (χ3v) is 7.54. The van der Waals surface area contributed by atoms with Gasteiger partial charge in [0.15, 0.2) is 0 Å². The summed E-state index contributed by atoms with van der Waals surface area (Å²) < 4.78 is 0. The molecule has 4 N–H and O–H groups in total. The molecule has 0 bridgehead atoms. The normalized spacial score (nSPS) is 18.5. The molecule has 1 aromatic heterocycles. The molecular formula is C28H36N8O3. The monoisotopic (exact) mass is 532 g/mol. The topological polar surface area (TPSA) is 126 Å². The lowest BCUT2D eigenvalue weighted by Crippen LogP contribution is -2.58. The van der Waals surface area contributed by atoms with E-state index in [0.717, 1.165) is 29.9 Å². The Bertz CT molecular complexity index is 1190. The van der Waals surface area contributed by atoms with Gasteiger partial charge in [-0.25, -0.2) is 9.59 Å². The average Bonchev–Trinajstić information content (AvgIpc) is 3.10. The summed E-state index contributed by atoms with van der Waals surface area (Å²) in [6.45, 7) is 4.31. The highest BCUT2D eigenvalue weighted by molar-refractivity contribution is 5.92. The van der Waals surface area contributed by atoms with Crippen LogP contribution in [0.25, 0.3) is 0 Å². The van der Waals surface area contributed by atoms with E-state index in [4.69, 9.17) is 0 Å². The number of carbonyl (C=O) groups is 3. The molecule has 11 nitrogen and oxygen atoms in total. The highest BCUT2D eigenvalue weighted by Crippen LogP contribution is 2.27. The summed E-state index contributed by atoms with van der Waals surface area (Å²) in [5.41, 5.74) is 2.86. The van der Waals surface area contributed by atoms with Crippen molar-refractivity contribution in [2.75, 3.05) is 44.6 Å². The fraction of sp³-hybridized carbons (Fsp3) is 0.429. The van der Waals surface area contributed by atoms with Gasteiger partial charge in [0.25, 0.3) is 0 Å². The molecule has 3 aliphatic heterocycles. The molecule has 2 fully saturated rings. The van der Waals surface area contributed by atoms with E-state index in [9.17, 15) is 14.4 Å². The molecule has 206 valence electrons. The minimum Gasteiger partial charge on any atom is -0.338 e. The molecular weight excluding hydrogens is 496 g/mol. The summed E-state index contributed by atoms with van der Waals surface area (Å²) in [4.78, 5) is 45.1. The number of anilines is 1. The van der Waals surface area contributed by atoms with Crippen LogP contribution in [0.1, 0.15) is 24.0 Å². The highest BCUT2D eigenvalue weighted by Gasteiger charge is 2.34. The van der Waals surface area contributed by atoms with E-state index in [0.29, 0.717) is 52.0 Å². The number of rotatable bonds is 5. The van der Waals surface area contributed by atoms with Gasteiger partial charge in [0.05, 0.1) is 0 Å². The number of H-pyrrole nitrogens is 1. The second-order valence-corrected chi connectivity index (χ2v) is 10.1. The third-order valence-electron chi connectivity index (χ3n) is 7.54. The van der Waals surface area contributed by atoms with Gasteiger partial charge in [-0.05, 0) is 42.2 Å². The molecule has 2 saturated heterocycles. The second kappa shape index (κ2) is 12.6. The van der Waals surface area contributed by atoms with Gasteiger partial charge in [-0.3, -0.25) is 9.89 Å². The number of nitrogens with one attached hydrogen (secondary N) is 4. The largest absolute Gasteiger partial charge is 0.338 e. The van der Waals surface area contributed by atoms with Crippen molar-refractivity contribution in [2.24, 2.45) is 0 Å². The Hall–Kier alpha value is -4.12. The summed E-state index contributed by atoms with van der Waals surface area (Å²) in [5, 5.41) is 16.1. The molecule has 1 atom stereocenters. The summed E-state index contributed by atoms with van der Waals surface area (Å²) >= 11 is 0. The van der Waals surface area contributed by atoms with E-state index in [1.807, 2.05) is 52.3 Å². The predicted molar refractivity (Wildman–Crippen MR) is 147 cm³/mol. The standard InChI is InChI=1S/C28H36N8O3/c37-26(34-17-13-29-14-18-34)25(19-21-5-3-11-30-31-12-4-6-21)33-27(38)35-15-9-23(10-16-35)36-20-22-7-1-2-8-24(22)32-28(36)39/h1-8,11-12,23,25,29-30H,9-10,13-20H2,(H,32,39)(H,33,38). The Balaban J connectivity index is 1.23. The van der Waals surface area contributed by atoms with Crippen LogP contribution in [0.4, 0.5) is 15.3 Å². The lowest BCUT2D eigenvalue weighted by atomic mass is 10.0. The molecule has 0 radical (unpaired) electrons. The van der Waals surface area contributed by atoms with E-state index in [1.165, 1.54) is 0 Å². The quantitative estimate of drug-likeness (QED) is 0.469. The maximum absolute atomic E-state index is 13.5. The lowest BCUT2D eigenvalue weighted by Gasteiger charge is -2.41. The number of carbonyl (C=O) groups excluding carboxylic acids is 3. The highest BCUT2D eigenvalue weighted by atomic mass is 16.2. The molecule has 5 rings (SSSR count). The van der Waals surface area contributed by atoms with E-state index in [1.54, 1.807) is 23.4 Å². The molecule has 0 saturated carbocycles. The van der Waals surface area contributed by atoms with Crippen LogP contribution in [0, 0.1) is 0 Å². The Labute approximate surface area is 228 Å². The summed E-state index contributed by atoms with van der Waals surface area (Å²) in [6.07, 6.45) is 5.09. The first-order valence-electron chi connectivity index (χ1n) is 13.6. The number of piperidine rings is 1. The first-order chi connectivity index (χ1) is 19.1. The van der Waals surface area contributed by atoms with E-state index < -0.39 is 6.04 Å². The van der Waals surface area contributed by atoms with Gasteiger partial charge < -0.3 is 30.7 Å². The SMILES string of the molecule is O=C(NC(Cc1cccn[nH]ccc1)C(=O)N1CCNCC1)N1CCC(N2Cc3ccccc3NC2=O)CC1. The fourth-order valence-electron chi connectivity index (χ4n) is 5.38. The van der Waals surface area contributed by atoms with E-state index >= 15 is 0 Å². The van der Waals surface area contributed by atoms with Crippen molar-refractivity contribution in [3.8, 4) is 0 Å². The molecule has 5 amide bonds. The van der Waals surface area contributed by atoms with E-state index in [2.05, 4.69) is 26.1 Å². The van der Waals surface area contributed by atoms with Gasteiger partial charge in [-0.1, -0.05) is 30.3 Å².